The number of carbonyl (C=O) groups is 1. The molecule has 0 fully saturated rings. The van der Waals surface area contributed by atoms with Crippen molar-refractivity contribution in [3.05, 3.63) is 35.2 Å². The normalized spacial score (nSPS) is 13.0. The molecule has 0 spiro atoms. The van der Waals surface area contributed by atoms with E-state index >= 15 is 0 Å². The molecule has 27 heavy (non-hydrogen) atoms. The molecule has 3 rings (SSSR count). The van der Waals surface area contributed by atoms with Crippen molar-refractivity contribution >= 4 is 17.5 Å². The number of pyridine rings is 2. The summed E-state index contributed by atoms with van der Waals surface area (Å²) in [6.07, 6.45) is 3.72. The SMILES string of the molecule is CCCC(=O)N1CCc2nc(N)c(C#N)c(-c3ccc(N(C)C)nc3)c2C1. The van der Waals surface area contributed by atoms with E-state index in [2.05, 4.69) is 16.0 Å². The summed E-state index contributed by atoms with van der Waals surface area (Å²) in [6, 6.07) is 6.03. The first-order valence-electron chi connectivity index (χ1n) is 9.09. The van der Waals surface area contributed by atoms with Gasteiger partial charge < -0.3 is 15.5 Å². The zero-order valence-electron chi connectivity index (χ0n) is 16.0. The minimum Gasteiger partial charge on any atom is -0.383 e. The van der Waals surface area contributed by atoms with E-state index in [-0.39, 0.29) is 11.7 Å². The van der Waals surface area contributed by atoms with Gasteiger partial charge in [0.2, 0.25) is 5.91 Å². The molecule has 0 aromatic carbocycles. The van der Waals surface area contributed by atoms with Crippen molar-refractivity contribution in [2.75, 3.05) is 31.3 Å². The number of rotatable bonds is 4. The molecule has 1 aliphatic heterocycles. The number of amides is 1. The lowest BCUT2D eigenvalue weighted by Crippen LogP contribution is -2.36. The van der Waals surface area contributed by atoms with Gasteiger partial charge >= 0.3 is 0 Å². The Morgan fingerprint density at radius 1 is 1.41 bits per heavy atom. The lowest BCUT2D eigenvalue weighted by Gasteiger charge is -2.30. The first kappa shape index (κ1) is 18.6. The maximum absolute atomic E-state index is 12.4. The van der Waals surface area contributed by atoms with Crippen LogP contribution >= 0.6 is 0 Å². The molecule has 0 unspecified atom stereocenters. The van der Waals surface area contributed by atoms with Crippen molar-refractivity contribution in [1.82, 2.24) is 14.9 Å². The second-order valence-corrected chi connectivity index (χ2v) is 6.90. The minimum absolute atomic E-state index is 0.130. The third kappa shape index (κ3) is 3.56. The van der Waals surface area contributed by atoms with E-state index in [1.807, 2.05) is 43.0 Å². The van der Waals surface area contributed by atoms with Crippen LogP contribution in [0.5, 0.6) is 0 Å². The summed E-state index contributed by atoms with van der Waals surface area (Å²) < 4.78 is 0. The van der Waals surface area contributed by atoms with Crippen LogP contribution in [-0.4, -0.2) is 41.4 Å². The third-order valence-corrected chi connectivity index (χ3v) is 4.80. The van der Waals surface area contributed by atoms with Gasteiger partial charge in [-0.25, -0.2) is 9.97 Å². The fourth-order valence-corrected chi connectivity index (χ4v) is 3.39. The van der Waals surface area contributed by atoms with E-state index in [4.69, 9.17) is 5.73 Å². The van der Waals surface area contributed by atoms with E-state index in [1.165, 1.54) is 0 Å². The fraction of sp³-hybridized carbons (Fsp3) is 0.400. The van der Waals surface area contributed by atoms with Gasteiger partial charge in [-0.3, -0.25) is 4.79 Å². The highest BCUT2D eigenvalue weighted by Gasteiger charge is 2.27. The highest BCUT2D eigenvalue weighted by molar-refractivity contribution is 5.81. The third-order valence-electron chi connectivity index (χ3n) is 4.80. The molecule has 3 heterocycles. The first-order chi connectivity index (χ1) is 13.0. The van der Waals surface area contributed by atoms with E-state index in [0.29, 0.717) is 31.5 Å². The number of nitrogens with zero attached hydrogens (tertiary/aromatic N) is 5. The van der Waals surface area contributed by atoms with Gasteiger partial charge in [-0.1, -0.05) is 6.92 Å². The summed E-state index contributed by atoms with van der Waals surface area (Å²) in [7, 11) is 3.85. The van der Waals surface area contributed by atoms with Gasteiger partial charge in [0.25, 0.3) is 0 Å². The van der Waals surface area contributed by atoms with Gasteiger partial charge in [0.1, 0.15) is 23.3 Å². The summed E-state index contributed by atoms with van der Waals surface area (Å²) in [4.78, 5) is 25.1. The quantitative estimate of drug-likeness (QED) is 0.894. The van der Waals surface area contributed by atoms with E-state index < -0.39 is 0 Å². The van der Waals surface area contributed by atoms with Crippen LogP contribution in [0.2, 0.25) is 0 Å². The van der Waals surface area contributed by atoms with Crippen LogP contribution in [0.25, 0.3) is 11.1 Å². The maximum Gasteiger partial charge on any atom is 0.222 e. The number of hydrogen-bond donors (Lipinski definition) is 1. The number of anilines is 2. The molecule has 0 radical (unpaired) electrons. The number of nitrogen functional groups attached to an aromatic ring is 1. The molecule has 0 saturated carbocycles. The summed E-state index contributed by atoms with van der Waals surface area (Å²) in [5.41, 5.74) is 9.73. The van der Waals surface area contributed by atoms with Crippen LogP contribution < -0.4 is 10.6 Å². The molecular formula is C20H24N6O. The van der Waals surface area contributed by atoms with E-state index in [9.17, 15) is 10.1 Å². The van der Waals surface area contributed by atoms with Crippen LogP contribution in [0.3, 0.4) is 0 Å². The second-order valence-electron chi connectivity index (χ2n) is 6.90. The molecule has 0 aliphatic carbocycles. The predicted molar refractivity (Wildman–Crippen MR) is 105 cm³/mol. The van der Waals surface area contributed by atoms with Gasteiger partial charge in [0, 0.05) is 62.9 Å². The lowest BCUT2D eigenvalue weighted by molar-refractivity contribution is -0.132. The molecule has 1 amide bonds. The Hall–Kier alpha value is -3.14. The molecule has 1 aliphatic rings. The van der Waals surface area contributed by atoms with Crippen LogP contribution in [0.4, 0.5) is 11.6 Å². The number of carbonyl (C=O) groups excluding carboxylic acids is 1. The van der Waals surface area contributed by atoms with Crippen molar-refractivity contribution in [3.63, 3.8) is 0 Å². The van der Waals surface area contributed by atoms with E-state index in [1.54, 1.807) is 6.20 Å². The summed E-state index contributed by atoms with van der Waals surface area (Å²) in [5, 5.41) is 9.69. The Morgan fingerprint density at radius 2 is 2.19 bits per heavy atom. The van der Waals surface area contributed by atoms with Gasteiger partial charge in [-0.15, -0.1) is 0 Å². The number of nitrogens with two attached hydrogens (primary N) is 1. The van der Waals surface area contributed by atoms with Crippen molar-refractivity contribution in [1.29, 1.82) is 5.26 Å². The van der Waals surface area contributed by atoms with Gasteiger partial charge in [-0.05, 0) is 18.6 Å². The zero-order chi connectivity index (χ0) is 19.6. The van der Waals surface area contributed by atoms with Crippen LogP contribution in [0.1, 0.15) is 36.6 Å². The Bertz CT molecular complexity index is 898. The number of fused-ring (bicyclic) bond motifs is 1. The standard InChI is InChI=1S/C20H24N6O/c1-4-5-18(27)26-9-8-16-15(12-26)19(14(10-21)20(22)24-16)13-6-7-17(23-11-13)25(2)3/h6-7,11H,4-5,8-9,12H2,1-3H3,(H2,22,24). The molecule has 0 saturated heterocycles. The van der Waals surface area contributed by atoms with Gasteiger partial charge in [-0.2, -0.15) is 5.26 Å². The first-order valence-corrected chi connectivity index (χ1v) is 9.09. The average molecular weight is 364 g/mol. The number of nitriles is 1. The van der Waals surface area contributed by atoms with Crippen molar-refractivity contribution in [2.24, 2.45) is 0 Å². The van der Waals surface area contributed by atoms with Gasteiger partial charge in [0.05, 0.1) is 5.69 Å². The largest absolute Gasteiger partial charge is 0.383 e. The molecule has 140 valence electrons. The van der Waals surface area contributed by atoms with Crippen LogP contribution in [0, 0.1) is 11.3 Å². The van der Waals surface area contributed by atoms with Crippen molar-refractivity contribution in [3.8, 4) is 17.2 Å². The molecule has 0 atom stereocenters. The van der Waals surface area contributed by atoms with Crippen LogP contribution in [-0.2, 0) is 17.8 Å². The molecular weight excluding hydrogens is 340 g/mol. The highest BCUT2D eigenvalue weighted by Crippen LogP contribution is 2.35. The minimum atomic E-state index is 0.130. The molecule has 7 heteroatoms. The maximum atomic E-state index is 12.4. The average Bonchev–Trinajstić information content (AvgIpc) is 2.66. The summed E-state index contributed by atoms with van der Waals surface area (Å²) in [6.45, 7) is 3.07. The monoisotopic (exact) mass is 364 g/mol. The molecule has 2 N–H and O–H groups in total. The predicted octanol–water partition coefficient (Wildman–Crippen LogP) is 2.35. The fourth-order valence-electron chi connectivity index (χ4n) is 3.39. The smallest absolute Gasteiger partial charge is 0.222 e. The van der Waals surface area contributed by atoms with Crippen molar-refractivity contribution in [2.45, 2.75) is 32.7 Å². The molecule has 2 aromatic heterocycles. The highest BCUT2D eigenvalue weighted by atomic mass is 16.2. The van der Waals surface area contributed by atoms with Crippen molar-refractivity contribution < 1.29 is 4.79 Å². The zero-order valence-corrected chi connectivity index (χ0v) is 16.0. The number of hydrogen-bond acceptors (Lipinski definition) is 6. The Morgan fingerprint density at radius 3 is 2.78 bits per heavy atom. The lowest BCUT2D eigenvalue weighted by atomic mass is 9.91. The molecule has 0 bridgehead atoms. The summed E-state index contributed by atoms with van der Waals surface area (Å²) >= 11 is 0. The number of aromatic nitrogens is 2. The Balaban J connectivity index is 2.11. The van der Waals surface area contributed by atoms with Crippen LogP contribution in [0.15, 0.2) is 18.3 Å². The summed E-state index contributed by atoms with van der Waals surface area (Å²) in [5.74, 6) is 1.19. The Kier molecular flexibility index (Phi) is 5.26. The van der Waals surface area contributed by atoms with E-state index in [0.717, 1.165) is 34.6 Å². The Labute approximate surface area is 159 Å². The second kappa shape index (κ2) is 7.62. The van der Waals surface area contributed by atoms with Gasteiger partial charge in [0.15, 0.2) is 0 Å². The molecule has 2 aromatic rings. The molecule has 7 nitrogen and oxygen atoms in total. The topological polar surface area (TPSA) is 99.1 Å².